The number of carbonyl (C=O) groups is 1. The predicted molar refractivity (Wildman–Crippen MR) is 112 cm³/mol. The molecular weight excluding hydrogens is 374 g/mol. The van der Waals surface area contributed by atoms with Crippen molar-refractivity contribution in [1.82, 2.24) is 4.98 Å². The first-order chi connectivity index (χ1) is 13.6. The van der Waals surface area contributed by atoms with Crippen LogP contribution in [0.1, 0.15) is 12.5 Å². The summed E-state index contributed by atoms with van der Waals surface area (Å²) in [6, 6.07) is 15.0. The zero-order valence-corrected chi connectivity index (χ0v) is 16.3. The number of furan rings is 1. The van der Waals surface area contributed by atoms with E-state index in [1.165, 1.54) is 11.3 Å². The number of nitrogens with one attached hydrogen (secondary N) is 2. The largest absolute Gasteiger partial charge is 0.490 e. The lowest BCUT2D eigenvalue weighted by Crippen LogP contribution is -2.19. The van der Waals surface area contributed by atoms with Gasteiger partial charge < -0.3 is 14.5 Å². The molecule has 2 aromatic carbocycles. The van der Waals surface area contributed by atoms with Crippen molar-refractivity contribution in [2.75, 3.05) is 17.2 Å². The van der Waals surface area contributed by atoms with Crippen LogP contribution >= 0.6 is 11.3 Å². The Hall–Kier alpha value is -3.32. The Morgan fingerprint density at radius 1 is 1.18 bits per heavy atom. The Labute approximate surface area is 166 Å². The molecule has 7 heteroatoms. The van der Waals surface area contributed by atoms with Crippen LogP contribution in [0, 0.1) is 6.92 Å². The minimum atomic E-state index is -0.338. The minimum Gasteiger partial charge on any atom is -0.490 e. The molecule has 0 saturated heterocycles. The molecule has 0 aliphatic rings. The quantitative estimate of drug-likeness (QED) is 0.442. The molecule has 4 aromatic rings. The van der Waals surface area contributed by atoms with Gasteiger partial charge in [-0.1, -0.05) is 24.3 Å². The van der Waals surface area contributed by atoms with Crippen LogP contribution in [-0.2, 0) is 0 Å². The van der Waals surface area contributed by atoms with Crippen LogP contribution in [-0.4, -0.2) is 17.6 Å². The number of aryl methyl sites for hydroxylation is 1. The van der Waals surface area contributed by atoms with Gasteiger partial charge in [-0.2, -0.15) is 0 Å². The van der Waals surface area contributed by atoms with Crippen LogP contribution in [0.5, 0.6) is 5.75 Å². The monoisotopic (exact) mass is 393 g/mol. The van der Waals surface area contributed by atoms with Crippen molar-refractivity contribution in [2.24, 2.45) is 0 Å². The van der Waals surface area contributed by atoms with E-state index in [1.54, 1.807) is 0 Å². The number of carbonyl (C=O) groups excluding carboxylic acids is 1. The Kier molecular flexibility index (Phi) is 4.99. The molecular formula is C21H19N3O3S. The fourth-order valence-electron chi connectivity index (χ4n) is 2.86. The molecule has 28 heavy (non-hydrogen) atoms. The molecule has 2 heterocycles. The third-order valence-corrected chi connectivity index (χ3v) is 4.82. The molecule has 0 radical (unpaired) electrons. The minimum absolute atomic E-state index is 0.338. The van der Waals surface area contributed by atoms with E-state index in [0.717, 1.165) is 16.6 Å². The Morgan fingerprint density at radius 2 is 2.04 bits per heavy atom. The first-order valence-electron chi connectivity index (χ1n) is 8.88. The zero-order chi connectivity index (χ0) is 19.5. The highest BCUT2D eigenvalue weighted by Crippen LogP contribution is 2.34. The molecule has 2 N–H and O–H groups in total. The number of benzene rings is 2. The summed E-state index contributed by atoms with van der Waals surface area (Å²) in [6.07, 6.45) is 0. The molecule has 0 aliphatic carbocycles. The Balaban J connectivity index is 1.50. The van der Waals surface area contributed by atoms with Gasteiger partial charge in [-0.15, -0.1) is 11.3 Å². The number of hydrogen-bond donors (Lipinski definition) is 2. The van der Waals surface area contributed by atoms with Crippen molar-refractivity contribution in [1.29, 1.82) is 0 Å². The van der Waals surface area contributed by atoms with E-state index in [0.29, 0.717) is 34.5 Å². The number of hydrogen-bond acceptors (Lipinski definition) is 5. The lowest BCUT2D eigenvalue weighted by Gasteiger charge is -2.05. The molecule has 0 atom stereocenters. The van der Waals surface area contributed by atoms with Gasteiger partial charge in [0.1, 0.15) is 5.69 Å². The van der Waals surface area contributed by atoms with Crippen molar-refractivity contribution < 1.29 is 13.9 Å². The second kappa shape index (κ2) is 7.74. The highest BCUT2D eigenvalue weighted by Gasteiger charge is 2.14. The lowest BCUT2D eigenvalue weighted by atomic mass is 10.2. The molecule has 2 amide bonds. The highest BCUT2D eigenvalue weighted by atomic mass is 32.1. The SMILES string of the molecule is CCOc1cccc2cc(-c3csc(NC(=O)Nc4cccc(C)c4)n3)oc12. The first-order valence-corrected chi connectivity index (χ1v) is 9.76. The predicted octanol–water partition coefficient (Wildman–Crippen LogP) is 5.91. The average Bonchev–Trinajstić information content (AvgIpc) is 3.29. The van der Waals surface area contributed by atoms with E-state index in [4.69, 9.17) is 9.15 Å². The van der Waals surface area contributed by atoms with E-state index >= 15 is 0 Å². The van der Waals surface area contributed by atoms with Crippen molar-refractivity contribution >= 4 is 39.2 Å². The van der Waals surface area contributed by atoms with Crippen LogP contribution in [0.2, 0.25) is 0 Å². The van der Waals surface area contributed by atoms with Crippen LogP contribution in [0.4, 0.5) is 15.6 Å². The average molecular weight is 393 g/mol. The number of nitrogens with zero attached hydrogens (tertiary/aromatic N) is 1. The van der Waals surface area contributed by atoms with Gasteiger partial charge in [0.15, 0.2) is 22.2 Å². The number of urea groups is 1. The third kappa shape index (κ3) is 3.84. The second-order valence-electron chi connectivity index (χ2n) is 6.20. The molecule has 6 nitrogen and oxygen atoms in total. The maximum Gasteiger partial charge on any atom is 0.325 e. The number of anilines is 2. The van der Waals surface area contributed by atoms with Crippen molar-refractivity contribution in [3.63, 3.8) is 0 Å². The van der Waals surface area contributed by atoms with Crippen LogP contribution in [0.25, 0.3) is 22.4 Å². The van der Waals surface area contributed by atoms with Crippen molar-refractivity contribution in [2.45, 2.75) is 13.8 Å². The van der Waals surface area contributed by atoms with Crippen molar-refractivity contribution in [3.8, 4) is 17.2 Å². The Bertz CT molecular complexity index is 1130. The van der Waals surface area contributed by atoms with Gasteiger partial charge in [0.2, 0.25) is 0 Å². The summed E-state index contributed by atoms with van der Waals surface area (Å²) in [5, 5.41) is 8.84. The number of thiazole rings is 1. The standard InChI is InChI=1S/C21H19N3O3S/c1-3-26-17-9-5-7-14-11-18(27-19(14)17)16-12-28-21(23-16)24-20(25)22-15-8-4-6-13(2)10-15/h4-12H,3H2,1-2H3,(H2,22,23,24,25). The first kappa shape index (κ1) is 18.1. The third-order valence-electron chi connectivity index (χ3n) is 4.06. The van der Waals surface area contributed by atoms with Crippen LogP contribution in [0.15, 0.2) is 58.3 Å². The van der Waals surface area contributed by atoms with E-state index in [9.17, 15) is 4.79 Å². The van der Waals surface area contributed by atoms with Gasteiger partial charge in [-0.05, 0) is 43.7 Å². The van der Waals surface area contributed by atoms with E-state index in [2.05, 4.69) is 15.6 Å². The number of aromatic nitrogens is 1. The van der Waals surface area contributed by atoms with Gasteiger partial charge in [-0.3, -0.25) is 5.32 Å². The summed E-state index contributed by atoms with van der Waals surface area (Å²) in [6.45, 7) is 4.47. The maximum atomic E-state index is 12.2. The van der Waals surface area contributed by atoms with E-state index in [1.807, 2.05) is 67.8 Å². The number of ether oxygens (including phenoxy) is 1. The van der Waals surface area contributed by atoms with Crippen molar-refractivity contribution in [3.05, 3.63) is 59.5 Å². The van der Waals surface area contributed by atoms with Gasteiger partial charge in [0, 0.05) is 16.5 Å². The molecule has 0 spiro atoms. The fraction of sp³-hybridized carbons (Fsp3) is 0.143. The summed E-state index contributed by atoms with van der Waals surface area (Å²) in [7, 11) is 0. The topological polar surface area (TPSA) is 76.4 Å². The molecule has 0 unspecified atom stereocenters. The molecule has 142 valence electrons. The summed E-state index contributed by atoms with van der Waals surface area (Å²) >= 11 is 1.34. The molecule has 2 aromatic heterocycles. The summed E-state index contributed by atoms with van der Waals surface area (Å²) in [5.74, 6) is 1.34. The Morgan fingerprint density at radius 3 is 2.86 bits per heavy atom. The van der Waals surface area contributed by atoms with Gasteiger partial charge in [0.05, 0.1) is 6.61 Å². The second-order valence-corrected chi connectivity index (χ2v) is 7.06. The fourth-order valence-corrected chi connectivity index (χ4v) is 3.55. The number of rotatable bonds is 5. The normalized spacial score (nSPS) is 10.8. The smallest absolute Gasteiger partial charge is 0.325 e. The zero-order valence-electron chi connectivity index (χ0n) is 15.5. The van der Waals surface area contributed by atoms with E-state index in [-0.39, 0.29) is 6.03 Å². The lowest BCUT2D eigenvalue weighted by molar-refractivity contribution is 0.262. The molecule has 0 aliphatic heterocycles. The van der Waals surface area contributed by atoms with Gasteiger partial charge in [0.25, 0.3) is 0 Å². The summed E-state index contributed by atoms with van der Waals surface area (Å²) in [5.41, 5.74) is 3.16. The highest BCUT2D eigenvalue weighted by molar-refractivity contribution is 7.14. The molecule has 4 rings (SSSR count). The number of amides is 2. The summed E-state index contributed by atoms with van der Waals surface area (Å²) in [4.78, 5) is 16.7. The summed E-state index contributed by atoms with van der Waals surface area (Å²) < 4.78 is 11.6. The molecule has 0 saturated carbocycles. The number of para-hydroxylation sites is 1. The van der Waals surface area contributed by atoms with Gasteiger partial charge in [-0.25, -0.2) is 9.78 Å². The molecule has 0 fully saturated rings. The van der Waals surface area contributed by atoms with Crippen LogP contribution in [0.3, 0.4) is 0 Å². The number of fused-ring (bicyclic) bond motifs is 1. The van der Waals surface area contributed by atoms with Crippen LogP contribution < -0.4 is 15.4 Å². The maximum absolute atomic E-state index is 12.2. The van der Waals surface area contributed by atoms with Gasteiger partial charge >= 0.3 is 6.03 Å². The molecule has 0 bridgehead atoms. The van der Waals surface area contributed by atoms with E-state index < -0.39 is 0 Å².